The summed E-state index contributed by atoms with van der Waals surface area (Å²) < 4.78 is 0. The highest BCUT2D eigenvalue weighted by atomic mass is 16.5. The molecule has 0 spiro atoms. The van der Waals surface area contributed by atoms with Crippen molar-refractivity contribution in [3.05, 3.63) is 58.7 Å². The summed E-state index contributed by atoms with van der Waals surface area (Å²) in [5.41, 5.74) is 7.20. The first kappa shape index (κ1) is 25.2. The van der Waals surface area contributed by atoms with Gasteiger partial charge in [0.15, 0.2) is 0 Å². The van der Waals surface area contributed by atoms with Gasteiger partial charge in [-0.3, -0.25) is 19.8 Å². The van der Waals surface area contributed by atoms with Crippen molar-refractivity contribution in [2.24, 2.45) is 11.3 Å². The molecule has 2 fully saturated rings. The zero-order valence-electron chi connectivity index (χ0n) is 21.5. The number of hydroxylamine groups is 1. The van der Waals surface area contributed by atoms with Gasteiger partial charge in [-0.15, -0.1) is 0 Å². The average molecular weight is 466 g/mol. The summed E-state index contributed by atoms with van der Waals surface area (Å²) in [6, 6.07) is 8.48. The van der Waals surface area contributed by atoms with Crippen LogP contribution in [0.15, 0.2) is 47.6 Å². The SMILES string of the molecule is C[C@@H]1CN(CC2=CCC(C3CCC(C)(C)CC3)=CC2)C[C@H](C)N1Cc1ccc(C(=O)NO)cc1. The summed E-state index contributed by atoms with van der Waals surface area (Å²) in [6.45, 7) is 13.6. The maximum absolute atomic E-state index is 11.6. The number of piperazine rings is 1. The Morgan fingerprint density at radius 2 is 1.65 bits per heavy atom. The van der Waals surface area contributed by atoms with Crippen LogP contribution in [0.1, 0.15) is 82.1 Å². The van der Waals surface area contributed by atoms with Crippen molar-refractivity contribution < 1.29 is 10.0 Å². The highest BCUT2D eigenvalue weighted by Gasteiger charge is 2.31. The monoisotopic (exact) mass is 465 g/mol. The van der Waals surface area contributed by atoms with E-state index in [0.717, 1.165) is 44.9 Å². The molecule has 2 atom stereocenters. The highest BCUT2D eigenvalue weighted by Crippen LogP contribution is 2.42. The molecule has 2 N–H and O–H groups in total. The molecule has 0 bridgehead atoms. The smallest absolute Gasteiger partial charge is 0.274 e. The molecule has 1 saturated carbocycles. The summed E-state index contributed by atoms with van der Waals surface area (Å²) in [5, 5.41) is 8.80. The molecule has 1 amide bonds. The summed E-state index contributed by atoms with van der Waals surface area (Å²) in [7, 11) is 0. The average Bonchev–Trinajstić information content (AvgIpc) is 2.82. The van der Waals surface area contributed by atoms with Gasteiger partial charge in [-0.1, -0.05) is 49.3 Å². The second kappa shape index (κ2) is 10.8. The van der Waals surface area contributed by atoms with E-state index in [2.05, 4.69) is 49.6 Å². The van der Waals surface area contributed by atoms with E-state index in [4.69, 9.17) is 5.21 Å². The summed E-state index contributed by atoms with van der Waals surface area (Å²) >= 11 is 0. The number of amides is 1. The molecule has 1 aromatic rings. The lowest BCUT2D eigenvalue weighted by molar-refractivity contribution is 0.0372. The zero-order valence-corrected chi connectivity index (χ0v) is 21.5. The summed E-state index contributed by atoms with van der Waals surface area (Å²) in [4.78, 5) is 16.8. The molecule has 5 heteroatoms. The molecule has 186 valence electrons. The van der Waals surface area contributed by atoms with E-state index in [-0.39, 0.29) is 0 Å². The fourth-order valence-corrected chi connectivity index (χ4v) is 6.15. The molecule has 1 saturated heterocycles. The van der Waals surface area contributed by atoms with Gasteiger partial charge < -0.3 is 0 Å². The number of benzene rings is 1. The molecular weight excluding hydrogens is 422 g/mol. The standard InChI is InChI=1S/C29H43N3O2/c1-21-17-31(18-22(2)32(21)20-24-7-11-27(12-8-24)28(33)30-34)19-23-5-9-25(10-6-23)26-13-15-29(3,4)16-14-26/h5,7-8,10-12,21-22,26,34H,6,9,13-20H2,1-4H3,(H,30,33)/t21-,22+. The second-order valence-corrected chi connectivity index (χ2v) is 11.7. The van der Waals surface area contributed by atoms with Gasteiger partial charge in [-0.05, 0) is 81.4 Å². The van der Waals surface area contributed by atoms with E-state index in [1.807, 2.05) is 12.1 Å². The molecule has 2 aliphatic carbocycles. The van der Waals surface area contributed by atoms with Crippen LogP contribution in [-0.2, 0) is 6.54 Å². The summed E-state index contributed by atoms with van der Waals surface area (Å²) in [5.74, 6) is 0.352. The molecule has 3 aliphatic rings. The van der Waals surface area contributed by atoms with E-state index in [1.54, 1.807) is 28.8 Å². The lowest BCUT2D eigenvalue weighted by Crippen LogP contribution is -2.56. The van der Waals surface area contributed by atoms with Crippen LogP contribution in [0.2, 0.25) is 0 Å². The van der Waals surface area contributed by atoms with Crippen molar-refractivity contribution in [3.63, 3.8) is 0 Å². The minimum atomic E-state index is -0.469. The van der Waals surface area contributed by atoms with Crippen molar-refractivity contribution in [2.75, 3.05) is 19.6 Å². The van der Waals surface area contributed by atoms with Crippen LogP contribution in [0.25, 0.3) is 0 Å². The molecule has 4 rings (SSSR count). The van der Waals surface area contributed by atoms with Gasteiger partial charge in [-0.2, -0.15) is 0 Å². The van der Waals surface area contributed by atoms with E-state index < -0.39 is 5.91 Å². The Kier molecular flexibility index (Phi) is 7.96. The third-order valence-electron chi connectivity index (χ3n) is 8.40. The van der Waals surface area contributed by atoms with Crippen LogP contribution >= 0.6 is 0 Å². The van der Waals surface area contributed by atoms with Gasteiger partial charge in [0.2, 0.25) is 0 Å². The second-order valence-electron chi connectivity index (χ2n) is 11.7. The van der Waals surface area contributed by atoms with E-state index in [9.17, 15) is 4.79 Å². The highest BCUT2D eigenvalue weighted by molar-refractivity contribution is 5.93. The maximum Gasteiger partial charge on any atom is 0.274 e. The minimum Gasteiger partial charge on any atom is -0.296 e. The number of nitrogens with zero attached hydrogens (tertiary/aromatic N) is 2. The van der Waals surface area contributed by atoms with Crippen molar-refractivity contribution in [1.82, 2.24) is 15.3 Å². The largest absolute Gasteiger partial charge is 0.296 e. The minimum absolute atomic E-state index is 0.469. The number of hydrogen-bond acceptors (Lipinski definition) is 4. The van der Waals surface area contributed by atoms with Gasteiger partial charge in [-0.25, -0.2) is 5.48 Å². The molecular formula is C29H43N3O2. The van der Waals surface area contributed by atoms with Crippen LogP contribution in [0.4, 0.5) is 0 Å². The fraction of sp³-hybridized carbons (Fsp3) is 0.621. The van der Waals surface area contributed by atoms with Crippen molar-refractivity contribution >= 4 is 5.91 Å². The van der Waals surface area contributed by atoms with Gasteiger partial charge in [0.1, 0.15) is 0 Å². The van der Waals surface area contributed by atoms with Crippen LogP contribution in [-0.4, -0.2) is 52.6 Å². The Labute approximate surface area is 205 Å². The molecule has 0 aromatic heterocycles. The molecule has 1 aromatic carbocycles. The molecule has 0 unspecified atom stereocenters. The quantitative estimate of drug-likeness (QED) is 0.328. The predicted octanol–water partition coefficient (Wildman–Crippen LogP) is 5.56. The number of allylic oxidation sites excluding steroid dienone is 3. The normalized spacial score (nSPS) is 26.6. The third-order valence-corrected chi connectivity index (χ3v) is 8.40. The predicted molar refractivity (Wildman–Crippen MR) is 138 cm³/mol. The Hall–Kier alpha value is -1.95. The number of rotatable bonds is 6. The van der Waals surface area contributed by atoms with E-state index in [0.29, 0.717) is 23.1 Å². The topological polar surface area (TPSA) is 55.8 Å². The lowest BCUT2D eigenvalue weighted by Gasteiger charge is -2.45. The lowest BCUT2D eigenvalue weighted by atomic mass is 9.70. The van der Waals surface area contributed by atoms with Gasteiger partial charge in [0.25, 0.3) is 5.91 Å². The van der Waals surface area contributed by atoms with Gasteiger partial charge >= 0.3 is 0 Å². The van der Waals surface area contributed by atoms with Crippen LogP contribution in [0.5, 0.6) is 0 Å². The molecule has 0 radical (unpaired) electrons. The number of hydrogen-bond donors (Lipinski definition) is 2. The van der Waals surface area contributed by atoms with Crippen LogP contribution < -0.4 is 5.48 Å². The van der Waals surface area contributed by atoms with Gasteiger partial charge in [0, 0.05) is 43.8 Å². The van der Waals surface area contributed by atoms with E-state index >= 15 is 0 Å². The van der Waals surface area contributed by atoms with Crippen molar-refractivity contribution in [1.29, 1.82) is 0 Å². The van der Waals surface area contributed by atoms with Crippen molar-refractivity contribution in [3.8, 4) is 0 Å². The summed E-state index contributed by atoms with van der Waals surface area (Å²) in [6.07, 6.45) is 12.9. The fourth-order valence-electron chi connectivity index (χ4n) is 6.15. The van der Waals surface area contributed by atoms with Crippen LogP contribution in [0, 0.1) is 11.3 Å². The third kappa shape index (κ3) is 6.18. The number of nitrogens with one attached hydrogen (secondary N) is 1. The Morgan fingerprint density at radius 3 is 2.21 bits per heavy atom. The first-order chi connectivity index (χ1) is 16.2. The van der Waals surface area contributed by atoms with E-state index in [1.165, 1.54) is 31.2 Å². The Morgan fingerprint density at radius 1 is 1.00 bits per heavy atom. The Balaban J connectivity index is 1.26. The first-order valence-corrected chi connectivity index (χ1v) is 13.1. The molecule has 1 heterocycles. The van der Waals surface area contributed by atoms with Crippen LogP contribution in [0.3, 0.4) is 0 Å². The number of carbonyl (C=O) groups is 1. The molecule has 1 aliphatic heterocycles. The zero-order chi connectivity index (χ0) is 24.3. The van der Waals surface area contributed by atoms with Gasteiger partial charge in [0.05, 0.1) is 0 Å². The van der Waals surface area contributed by atoms with Crippen molar-refractivity contribution in [2.45, 2.75) is 84.8 Å². The molecule has 34 heavy (non-hydrogen) atoms. The first-order valence-electron chi connectivity index (χ1n) is 13.1. The number of carbonyl (C=O) groups excluding carboxylic acids is 1. The molecule has 5 nitrogen and oxygen atoms in total. The maximum atomic E-state index is 11.6. The Bertz CT molecular complexity index is 896.